The molecule has 0 saturated carbocycles. The lowest BCUT2D eigenvalue weighted by atomic mass is 9.86. The molecule has 3 heteroatoms. The van der Waals surface area contributed by atoms with Crippen LogP contribution in [0.2, 0.25) is 0 Å². The molecule has 1 aromatic rings. The third-order valence-corrected chi connectivity index (χ3v) is 3.00. The van der Waals surface area contributed by atoms with Crippen LogP contribution in [0.25, 0.3) is 0 Å². The predicted octanol–water partition coefficient (Wildman–Crippen LogP) is 3.61. The van der Waals surface area contributed by atoms with Gasteiger partial charge < -0.3 is 9.84 Å². The van der Waals surface area contributed by atoms with Gasteiger partial charge in [-0.15, -0.1) is 0 Å². The molecule has 0 bridgehead atoms. The second-order valence-corrected chi connectivity index (χ2v) is 5.17. The number of benzene rings is 1. The largest absolute Gasteiger partial charge is 0.496 e. The van der Waals surface area contributed by atoms with Crippen LogP contribution in [-0.4, -0.2) is 18.2 Å². The van der Waals surface area contributed by atoms with Crippen molar-refractivity contribution in [3.63, 3.8) is 0 Å². The molecule has 1 unspecified atom stereocenters. The Bertz CT molecular complexity index is 410. The lowest BCUT2D eigenvalue weighted by Gasteiger charge is -2.20. The number of aryl methyl sites for hydroxylation is 1. The lowest BCUT2D eigenvalue weighted by Crippen LogP contribution is -2.10. The van der Waals surface area contributed by atoms with E-state index in [1.165, 1.54) is 0 Å². The first kappa shape index (κ1) is 14.6. The molecule has 1 N–H and O–H groups in total. The average molecular weight is 250 g/mol. The number of carbonyl (C=O) groups is 1. The first-order valence-corrected chi connectivity index (χ1v) is 6.30. The normalized spacial score (nSPS) is 12.5. The van der Waals surface area contributed by atoms with E-state index in [9.17, 15) is 4.79 Å². The third kappa shape index (κ3) is 4.06. The van der Waals surface area contributed by atoms with Crippen molar-refractivity contribution in [2.45, 2.75) is 39.5 Å². The van der Waals surface area contributed by atoms with Crippen LogP contribution in [0.1, 0.15) is 43.7 Å². The minimum absolute atomic E-state index is 0.0114. The zero-order chi connectivity index (χ0) is 13.7. The average Bonchev–Trinajstić information content (AvgIpc) is 2.26. The van der Waals surface area contributed by atoms with Crippen molar-refractivity contribution in [2.75, 3.05) is 7.11 Å². The predicted molar refractivity (Wildman–Crippen MR) is 72.2 cm³/mol. The van der Waals surface area contributed by atoms with Crippen molar-refractivity contribution in [2.24, 2.45) is 5.92 Å². The molecule has 0 spiro atoms. The van der Waals surface area contributed by atoms with Crippen molar-refractivity contribution in [1.82, 2.24) is 0 Å². The van der Waals surface area contributed by atoms with Gasteiger partial charge in [0, 0.05) is 0 Å². The second kappa shape index (κ2) is 6.43. The van der Waals surface area contributed by atoms with Crippen molar-refractivity contribution in [3.05, 3.63) is 29.3 Å². The highest BCUT2D eigenvalue weighted by molar-refractivity contribution is 5.68. The Kier molecular flexibility index (Phi) is 5.20. The molecule has 18 heavy (non-hydrogen) atoms. The van der Waals surface area contributed by atoms with Gasteiger partial charge in [-0.25, -0.2) is 0 Å². The van der Waals surface area contributed by atoms with Crippen molar-refractivity contribution in [3.8, 4) is 5.75 Å². The van der Waals surface area contributed by atoms with Crippen molar-refractivity contribution >= 4 is 5.97 Å². The first-order valence-electron chi connectivity index (χ1n) is 6.30. The first-order chi connectivity index (χ1) is 8.43. The summed E-state index contributed by atoms with van der Waals surface area (Å²) in [6.07, 6.45) is 1.00. The van der Waals surface area contributed by atoms with E-state index in [1.54, 1.807) is 7.11 Å². The summed E-state index contributed by atoms with van der Waals surface area (Å²) in [6, 6.07) is 5.93. The Morgan fingerprint density at radius 3 is 2.56 bits per heavy atom. The molecule has 0 aliphatic carbocycles. The summed E-state index contributed by atoms with van der Waals surface area (Å²) in [5.41, 5.74) is 2.14. The summed E-state index contributed by atoms with van der Waals surface area (Å²) in [7, 11) is 1.63. The summed E-state index contributed by atoms with van der Waals surface area (Å²) in [5, 5.41) is 9.05. The minimum atomic E-state index is -0.760. The van der Waals surface area contributed by atoms with Crippen LogP contribution in [0.5, 0.6) is 5.75 Å². The molecule has 0 aliphatic rings. The van der Waals surface area contributed by atoms with Gasteiger partial charge in [-0.3, -0.25) is 4.79 Å². The number of aliphatic carboxylic acids is 1. The van der Waals surface area contributed by atoms with E-state index in [4.69, 9.17) is 9.84 Å². The Balaban J connectivity index is 3.09. The lowest BCUT2D eigenvalue weighted by molar-refractivity contribution is -0.137. The number of rotatable bonds is 6. The van der Waals surface area contributed by atoms with Crippen LogP contribution >= 0.6 is 0 Å². The molecule has 0 saturated heterocycles. The number of carboxylic acid groups (broad SMARTS) is 1. The van der Waals surface area contributed by atoms with E-state index in [0.717, 1.165) is 23.3 Å². The van der Waals surface area contributed by atoms with Gasteiger partial charge in [0.25, 0.3) is 0 Å². The number of methoxy groups -OCH3 is 1. The maximum absolute atomic E-state index is 11.0. The van der Waals surface area contributed by atoms with Crippen LogP contribution < -0.4 is 4.74 Å². The summed E-state index contributed by atoms with van der Waals surface area (Å²) in [6.45, 7) is 6.23. The molecule has 1 atom stereocenters. The molecule has 1 rings (SSSR count). The second-order valence-electron chi connectivity index (χ2n) is 5.17. The maximum Gasteiger partial charge on any atom is 0.303 e. The fourth-order valence-corrected chi connectivity index (χ4v) is 2.27. The maximum atomic E-state index is 11.0. The number of ether oxygens (including phenoxy) is 1. The quantitative estimate of drug-likeness (QED) is 0.839. The molecule has 0 fully saturated rings. The van der Waals surface area contributed by atoms with Crippen molar-refractivity contribution in [1.29, 1.82) is 0 Å². The van der Waals surface area contributed by atoms with Crippen LogP contribution in [0.4, 0.5) is 0 Å². The topological polar surface area (TPSA) is 46.5 Å². The Labute approximate surface area is 109 Å². The highest BCUT2D eigenvalue weighted by Crippen LogP contribution is 2.34. The Hall–Kier alpha value is -1.51. The minimum Gasteiger partial charge on any atom is -0.496 e. The van der Waals surface area contributed by atoms with Gasteiger partial charge in [-0.05, 0) is 36.8 Å². The van der Waals surface area contributed by atoms with E-state index in [-0.39, 0.29) is 12.3 Å². The fraction of sp³-hybridized carbons (Fsp3) is 0.533. The molecule has 0 heterocycles. The van der Waals surface area contributed by atoms with Crippen LogP contribution in [0.15, 0.2) is 18.2 Å². The fourth-order valence-electron chi connectivity index (χ4n) is 2.27. The summed E-state index contributed by atoms with van der Waals surface area (Å²) >= 11 is 0. The molecule has 0 radical (unpaired) electrons. The van der Waals surface area contributed by atoms with Crippen LogP contribution in [0, 0.1) is 12.8 Å². The van der Waals surface area contributed by atoms with Gasteiger partial charge in [-0.1, -0.05) is 31.5 Å². The Morgan fingerprint density at radius 2 is 2.06 bits per heavy atom. The molecule has 0 amide bonds. The summed E-state index contributed by atoms with van der Waals surface area (Å²) in [4.78, 5) is 11.0. The van der Waals surface area contributed by atoms with Gasteiger partial charge in [0.2, 0.25) is 0 Å². The van der Waals surface area contributed by atoms with Crippen LogP contribution in [-0.2, 0) is 4.79 Å². The monoisotopic (exact) mass is 250 g/mol. The van der Waals surface area contributed by atoms with E-state index in [1.807, 2.05) is 25.1 Å². The molecule has 0 aliphatic heterocycles. The van der Waals surface area contributed by atoms with Crippen molar-refractivity contribution < 1.29 is 14.6 Å². The van der Waals surface area contributed by atoms with Crippen LogP contribution in [0.3, 0.4) is 0 Å². The van der Waals surface area contributed by atoms with Gasteiger partial charge in [0.15, 0.2) is 0 Å². The summed E-state index contributed by atoms with van der Waals surface area (Å²) in [5.74, 6) is 0.494. The molecule has 3 nitrogen and oxygen atoms in total. The molecular formula is C15H22O3. The van der Waals surface area contributed by atoms with Gasteiger partial charge in [0.05, 0.1) is 13.5 Å². The number of hydrogen-bond acceptors (Lipinski definition) is 2. The van der Waals surface area contributed by atoms with Gasteiger partial charge in [0.1, 0.15) is 5.75 Å². The van der Waals surface area contributed by atoms with E-state index in [2.05, 4.69) is 13.8 Å². The highest BCUT2D eigenvalue weighted by atomic mass is 16.5. The number of carboxylic acids is 1. The molecule has 0 aromatic heterocycles. The third-order valence-electron chi connectivity index (χ3n) is 3.00. The standard InChI is InChI=1S/C15H22O3/c1-10(2)7-12(9-15(16)17)13-8-11(3)5-6-14(13)18-4/h5-6,8,10,12H,7,9H2,1-4H3,(H,16,17). The zero-order valence-electron chi connectivity index (χ0n) is 11.6. The zero-order valence-corrected chi connectivity index (χ0v) is 11.6. The summed E-state index contributed by atoms with van der Waals surface area (Å²) < 4.78 is 5.35. The van der Waals surface area contributed by atoms with E-state index >= 15 is 0 Å². The smallest absolute Gasteiger partial charge is 0.303 e. The number of hydrogen-bond donors (Lipinski definition) is 1. The Morgan fingerprint density at radius 1 is 1.39 bits per heavy atom. The van der Waals surface area contributed by atoms with Gasteiger partial charge >= 0.3 is 5.97 Å². The molecule has 1 aromatic carbocycles. The van der Waals surface area contributed by atoms with E-state index in [0.29, 0.717) is 5.92 Å². The SMILES string of the molecule is COc1ccc(C)cc1C(CC(=O)O)CC(C)C. The van der Waals surface area contributed by atoms with Gasteiger partial charge in [-0.2, -0.15) is 0 Å². The molecule has 100 valence electrons. The highest BCUT2D eigenvalue weighted by Gasteiger charge is 2.20. The molecular weight excluding hydrogens is 228 g/mol. The van der Waals surface area contributed by atoms with E-state index < -0.39 is 5.97 Å².